The highest BCUT2D eigenvalue weighted by Gasteiger charge is 2.20. The molecule has 21 heavy (non-hydrogen) atoms. The van der Waals surface area contributed by atoms with Crippen molar-refractivity contribution >= 4 is 0 Å². The Bertz CT molecular complexity index is 713. The fourth-order valence-electron chi connectivity index (χ4n) is 3.17. The molecule has 0 fully saturated rings. The van der Waals surface area contributed by atoms with Crippen LogP contribution >= 0.6 is 0 Å². The summed E-state index contributed by atoms with van der Waals surface area (Å²) in [4.78, 5) is 21.6. The summed E-state index contributed by atoms with van der Waals surface area (Å²) in [6, 6.07) is 6.66. The smallest absolute Gasteiger partial charge is 0.254 e. The molecule has 0 saturated heterocycles. The van der Waals surface area contributed by atoms with Crippen molar-refractivity contribution < 1.29 is 0 Å². The van der Waals surface area contributed by atoms with Gasteiger partial charge in [0, 0.05) is 25.2 Å². The van der Waals surface area contributed by atoms with Crippen LogP contribution in [-0.2, 0) is 19.5 Å². The van der Waals surface area contributed by atoms with Crippen LogP contribution in [0.1, 0.15) is 33.8 Å². The lowest BCUT2D eigenvalue weighted by Gasteiger charge is -2.27. The molecule has 1 aliphatic heterocycles. The second kappa shape index (κ2) is 5.45. The van der Waals surface area contributed by atoms with Gasteiger partial charge in [-0.15, -0.1) is 0 Å². The maximum absolute atomic E-state index is 11.9. The van der Waals surface area contributed by atoms with E-state index in [1.165, 1.54) is 16.7 Å². The first-order valence-corrected chi connectivity index (χ1v) is 7.39. The Labute approximate surface area is 124 Å². The van der Waals surface area contributed by atoms with Crippen LogP contribution in [0.3, 0.4) is 0 Å². The Kier molecular flexibility index (Phi) is 3.64. The Morgan fingerprint density at radius 3 is 2.62 bits per heavy atom. The average Bonchev–Trinajstić information content (AvgIpc) is 2.36. The zero-order valence-corrected chi connectivity index (χ0v) is 12.9. The Balaban J connectivity index is 1.81. The van der Waals surface area contributed by atoms with Crippen LogP contribution in [0, 0.1) is 20.8 Å². The van der Waals surface area contributed by atoms with Crippen LogP contribution in [0.15, 0.2) is 23.0 Å². The second-order valence-corrected chi connectivity index (χ2v) is 6.03. The van der Waals surface area contributed by atoms with Crippen molar-refractivity contribution in [3.05, 3.63) is 62.3 Å². The predicted molar refractivity (Wildman–Crippen MR) is 83.3 cm³/mol. The molecule has 1 aromatic carbocycles. The first-order valence-electron chi connectivity index (χ1n) is 7.39. The lowest BCUT2D eigenvalue weighted by atomic mass is 10.0. The summed E-state index contributed by atoms with van der Waals surface area (Å²) in [5, 5.41) is 0. The molecule has 2 aromatic rings. The number of aromatic nitrogens is 2. The third kappa shape index (κ3) is 3.05. The molecule has 0 radical (unpaired) electrons. The van der Waals surface area contributed by atoms with E-state index in [2.05, 4.69) is 46.9 Å². The molecular formula is C17H21N3O. The number of nitrogens with zero attached hydrogens (tertiary/aromatic N) is 2. The van der Waals surface area contributed by atoms with Crippen LogP contribution in [0.5, 0.6) is 0 Å². The highest BCUT2D eigenvalue weighted by atomic mass is 16.1. The summed E-state index contributed by atoms with van der Waals surface area (Å²) >= 11 is 0. The minimum absolute atomic E-state index is 0.0311. The van der Waals surface area contributed by atoms with Gasteiger partial charge in [0.15, 0.2) is 0 Å². The summed E-state index contributed by atoms with van der Waals surface area (Å²) < 4.78 is 0. The minimum atomic E-state index is 0.0311. The van der Waals surface area contributed by atoms with E-state index < -0.39 is 0 Å². The van der Waals surface area contributed by atoms with E-state index in [0.717, 1.165) is 37.3 Å². The van der Waals surface area contributed by atoms with E-state index in [0.29, 0.717) is 5.82 Å². The van der Waals surface area contributed by atoms with Gasteiger partial charge in [-0.05, 0) is 32.8 Å². The molecule has 3 rings (SSSR count). The largest absolute Gasteiger partial charge is 0.311 e. The summed E-state index contributed by atoms with van der Waals surface area (Å²) in [6.45, 7) is 8.68. The van der Waals surface area contributed by atoms with Gasteiger partial charge in [-0.2, -0.15) is 0 Å². The fraction of sp³-hybridized carbons (Fsp3) is 0.412. The summed E-state index contributed by atoms with van der Waals surface area (Å²) in [7, 11) is 0. The molecule has 1 aliphatic rings. The van der Waals surface area contributed by atoms with E-state index in [1.54, 1.807) is 0 Å². The SMILES string of the molecule is Cc1cc(C)cc(CN2CCc3c(nc(C)[nH]c3=O)C2)c1. The number of benzene rings is 1. The van der Waals surface area contributed by atoms with Gasteiger partial charge in [0.25, 0.3) is 5.56 Å². The third-order valence-electron chi connectivity index (χ3n) is 3.96. The number of hydrogen-bond acceptors (Lipinski definition) is 3. The molecule has 110 valence electrons. The maximum atomic E-state index is 11.9. The molecule has 0 saturated carbocycles. The van der Waals surface area contributed by atoms with Crippen molar-refractivity contribution in [1.29, 1.82) is 0 Å². The van der Waals surface area contributed by atoms with E-state index in [1.807, 2.05) is 6.92 Å². The minimum Gasteiger partial charge on any atom is -0.311 e. The van der Waals surface area contributed by atoms with Crippen LogP contribution in [0.25, 0.3) is 0 Å². The third-order valence-corrected chi connectivity index (χ3v) is 3.96. The number of aryl methyl sites for hydroxylation is 3. The van der Waals surface area contributed by atoms with Gasteiger partial charge in [0.2, 0.25) is 0 Å². The fourth-order valence-corrected chi connectivity index (χ4v) is 3.17. The first-order chi connectivity index (χ1) is 10.0. The summed E-state index contributed by atoms with van der Waals surface area (Å²) in [5.41, 5.74) is 5.76. The zero-order valence-electron chi connectivity index (χ0n) is 12.9. The molecule has 0 atom stereocenters. The lowest BCUT2D eigenvalue weighted by molar-refractivity contribution is 0.240. The average molecular weight is 283 g/mol. The van der Waals surface area contributed by atoms with E-state index >= 15 is 0 Å². The molecule has 1 aromatic heterocycles. The number of rotatable bonds is 2. The molecule has 0 aliphatic carbocycles. The van der Waals surface area contributed by atoms with Crippen molar-refractivity contribution in [3.63, 3.8) is 0 Å². The number of hydrogen-bond donors (Lipinski definition) is 1. The van der Waals surface area contributed by atoms with E-state index in [-0.39, 0.29) is 5.56 Å². The molecule has 4 heteroatoms. The van der Waals surface area contributed by atoms with Crippen LogP contribution in [-0.4, -0.2) is 21.4 Å². The monoisotopic (exact) mass is 283 g/mol. The number of aromatic amines is 1. The standard InChI is InChI=1S/C17H21N3O/c1-11-6-12(2)8-14(7-11)9-20-5-4-15-16(10-20)18-13(3)19-17(15)21/h6-8H,4-5,9-10H2,1-3H3,(H,18,19,21). The van der Waals surface area contributed by atoms with Gasteiger partial charge >= 0.3 is 0 Å². The second-order valence-electron chi connectivity index (χ2n) is 6.03. The highest BCUT2D eigenvalue weighted by molar-refractivity contribution is 5.29. The number of fused-ring (bicyclic) bond motifs is 1. The zero-order chi connectivity index (χ0) is 15.0. The Morgan fingerprint density at radius 1 is 1.19 bits per heavy atom. The van der Waals surface area contributed by atoms with Gasteiger partial charge in [-0.1, -0.05) is 29.3 Å². The van der Waals surface area contributed by atoms with Gasteiger partial charge in [-0.25, -0.2) is 4.98 Å². The quantitative estimate of drug-likeness (QED) is 0.919. The first kappa shape index (κ1) is 14.0. The van der Waals surface area contributed by atoms with Crippen molar-refractivity contribution in [2.24, 2.45) is 0 Å². The molecule has 4 nitrogen and oxygen atoms in total. The van der Waals surface area contributed by atoms with Gasteiger partial charge in [0.05, 0.1) is 5.69 Å². The Hall–Kier alpha value is -1.94. The van der Waals surface area contributed by atoms with Crippen LogP contribution in [0.2, 0.25) is 0 Å². The lowest BCUT2D eigenvalue weighted by Crippen LogP contribution is -2.35. The van der Waals surface area contributed by atoms with Crippen molar-refractivity contribution in [2.75, 3.05) is 6.54 Å². The van der Waals surface area contributed by atoms with Gasteiger partial charge < -0.3 is 4.98 Å². The van der Waals surface area contributed by atoms with Crippen molar-refractivity contribution in [3.8, 4) is 0 Å². The van der Waals surface area contributed by atoms with Crippen molar-refractivity contribution in [2.45, 2.75) is 40.3 Å². The molecule has 0 unspecified atom stereocenters. The topological polar surface area (TPSA) is 49.0 Å². The number of H-pyrrole nitrogens is 1. The highest BCUT2D eigenvalue weighted by Crippen LogP contribution is 2.18. The molecule has 1 N–H and O–H groups in total. The van der Waals surface area contributed by atoms with Crippen LogP contribution in [0.4, 0.5) is 0 Å². The summed E-state index contributed by atoms with van der Waals surface area (Å²) in [5.74, 6) is 0.701. The van der Waals surface area contributed by atoms with E-state index in [9.17, 15) is 4.79 Å². The van der Waals surface area contributed by atoms with Gasteiger partial charge in [0.1, 0.15) is 5.82 Å². The summed E-state index contributed by atoms with van der Waals surface area (Å²) in [6.07, 6.45) is 0.781. The van der Waals surface area contributed by atoms with Crippen LogP contribution < -0.4 is 5.56 Å². The molecule has 2 heterocycles. The molecule has 0 bridgehead atoms. The number of nitrogens with one attached hydrogen (secondary N) is 1. The maximum Gasteiger partial charge on any atom is 0.254 e. The molecule has 0 spiro atoms. The molecular weight excluding hydrogens is 262 g/mol. The molecule has 0 amide bonds. The van der Waals surface area contributed by atoms with Crippen molar-refractivity contribution in [1.82, 2.24) is 14.9 Å². The normalized spacial score (nSPS) is 15.0. The van der Waals surface area contributed by atoms with Gasteiger partial charge in [-0.3, -0.25) is 9.69 Å². The Morgan fingerprint density at radius 2 is 1.90 bits per heavy atom. The predicted octanol–water partition coefficient (Wildman–Crippen LogP) is 2.25. The van der Waals surface area contributed by atoms with E-state index in [4.69, 9.17) is 0 Å².